The van der Waals surface area contributed by atoms with Crippen LogP contribution in [0.4, 0.5) is 0 Å². The zero-order valence-electron chi connectivity index (χ0n) is 11.1. The molecule has 1 aromatic rings. The maximum Gasteiger partial charge on any atom is 0.246 e. The minimum Gasteiger partial charge on any atom is -0.370 e. The van der Waals surface area contributed by atoms with Crippen LogP contribution in [-0.2, 0) is 9.53 Å². The summed E-state index contributed by atoms with van der Waals surface area (Å²) < 4.78 is 5.11. The third-order valence-corrected chi connectivity index (χ3v) is 2.72. The highest BCUT2D eigenvalue weighted by molar-refractivity contribution is 5.77. The topological polar surface area (TPSA) is 64.3 Å². The van der Waals surface area contributed by atoms with Gasteiger partial charge < -0.3 is 15.8 Å². The van der Waals surface area contributed by atoms with Crippen LogP contribution in [0.5, 0.6) is 0 Å². The van der Waals surface area contributed by atoms with E-state index in [2.05, 4.69) is 17.4 Å². The summed E-state index contributed by atoms with van der Waals surface area (Å²) in [5.74, 6) is -0.101. The van der Waals surface area contributed by atoms with Gasteiger partial charge in [0, 0.05) is 6.54 Å². The number of rotatable bonds is 7. The number of carbonyl (C=O) groups is 1. The molecule has 1 atom stereocenters. The van der Waals surface area contributed by atoms with E-state index in [0.29, 0.717) is 13.2 Å². The van der Waals surface area contributed by atoms with Crippen LogP contribution in [0.3, 0.4) is 0 Å². The number of carbonyl (C=O) groups excluding carboxylic acids is 1. The molecule has 0 radical (unpaired) electrons. The lowest BCUT2D eigenvalue weighted by molar-refractivity contribution is -0.126. The number of nitrogens with one attached hydrogen (secondary N) is 1. The average Bonchev–Trinajstić information content (AvgIpc) is 2.37. The summed E-state index contributed by atoms with van der Waals surface area (Å²) in [6.45, 7) is 5.01. The molecule has 1 rings (SSSR count). The van der Waals surface area contributed by atoms with Crippen molar-refractivity contribution in [1.29, 1.82) is 0 Å². The van der Waals surface area contributed by atoms with Gasteiger partial charge in [0.2, 0.25) is 5.91 Å². The van der Waals surface area contributed by atoms with Gasteiger partial charge in [0.25, 0.3) is 0 Å². The molecule has 4 nitrogen and oxygen atoms in total. The van der Waals surface area contributed by atoms with E-state index >= 15 is 0 Å². The van der Waals surface area contributed by atoms with Crippen molar-refractivity contribution in [2.45, 2.75) is 26.3 Å². The van der Waals surface area contributed by atoms with Crippen molar-refractivity contribution >= 4 is 5.91 Å². The summed E-state index contributed by atoms with van der Waals surface area (Å²) in [7, 11) is 0. The number of ether oxygens (including phenoxy) is 1. The number of benzene rings is 1. The van der Waals surface area contributed by atoms with Gasteiger partial charge in [-0.2, -0.15) is 0 Å². The standard InChI is InChI=1S/C14H22N2O2/c1-3-13(12-6-4-11(2)5-7-12)16-14(17)10-18-9-8-15/h4-7,13H,3,8-10,15H2,1-2H3,(H,16,17). The fourth-order valence-corrected chi connectivity index (χ4v) is 1.70. The van der Waals surface area contributed by atoms with E-state index < -0.39 is 0 Å². The molecule has 1 unspecified atom stereocenters. The van der Waals surface area contributed by atoms with Crippen LogP contribution in [0.25, 0.3) is 0 Å². The van der Waals surface area contributed by atoms with E-state index in [9.17, 15) is 4.79 Å². The molecular weight excluding hydrogens is 228 g/mol. The van der Waals surface area contributed by atoms with E-state index in [1.165, 1.54) is 5.56 Å². The maximum atomic E-state index is 11.7. The molecule has 0 aromatic heterocycles. The SMILES string of the molecule is CCC(NC(=O)COCCN)c1ccc(C)cc1. The Labute approximate surface area is 109 Å². The Morgan fingerprint density at radius 3 is 2.61 bits per heavy atom. The Morgan fingerprint density at radius 1 is 1.39 bits per heavy atom. The second-order valence-corrected chi connectivity index (χ2v) is 4.28. The Hall–Kier alpha value is -1.39. The number of nitrogens with two attached hydrogens (primary N) is 1. The van der Waals surface area contributed by atoms with Gasteiger partial charge >= 0.3 is 0 Å². The minimum atomic E-state index is -0.101. The highest BCUT2D eigenvalue weighted by atomic mass is 16.5. The second kappa shape index (κ2) is 7.84. The fraction of sp³-hybridized carbons (Fsp3) is 0.500. The van der Waals surface area contributed by atoms with Gasteiger partial charge in [-0.15, -0.1) is 0 Å². The number of hydrogen-bond donors (Lipinski definition) is 2. The van der Waals surface area contributed by atoms with Crippen LogP contribution >= 0.6 is 0 Å². The molecule has 0 spiro atoms. The summed E-state index contributed by atoms with van der Waals surface area (Å²) in [6.07, 6.45) is 0.853. The lowest BCUT2D eigenvalue weighted by Crippen LogP contribution is -2.32. The molecule has 100 valence electrons. The third-order valence-electron chi connectivity index (χ3n) is 2.72. The predicted octanol–water partition coefficient (Wildman–Crippen LogP) is 1.54. The van der Waals surface area contributed by atoms with Crippen LogP contribution in [0.15, 0.2) is 24.3 Å². The molecule has 0 bridgehead atoms. The smallest absolute Gasteiger partial charge is 0.246 e. The molecule has 0 saturated carbocycles. The summed E-state index contributed by atoms with van der Waals surface area (Å²) in [5.41, 5.74) is 7.63. The normalized spacial score (nSPS) is 12.2. The fourth-order valence-electron chi connectivity index (χ4n) is 1.70. The van der Waals surface area contributed by atoms with Crippen molar-refractivity contribution in [2.24, 2.45) is 5.73 Å². The van der Waals surface area contributed by atoms with Crippen molar-refractivity contribution in [3.63, 3.8) is 0 Å². The molecule has 0 aliphatic heterocycles. The highest BCUT2D eigenvalue weighted by Crippen LogP contribution is 2.16. The van der Waals surface area contributed by atoms with Crippen molar-refractivity contribution in [2.75, 3.05) is 19.8 Å². The van der Waals surface area contributed by atoms with E-state index in [-0.39, 0.29) is 18.6 Å². The monoisotopic (exact) mass is 250 g/mol. The van der Waals surface area contributed by atoms with E-state index in [4.69, 9.17) is 10.5 Å². The first-order valence-electron chi connectivity index (χ1n) is 6.31. The van der Waals surface area contributed by atoms with E-state index in [1.54, 1.807) is 0 Å². The highest BCUT2D eigenvalue weighted by Gasteiger charge is 2.12. The lowest BCUT2D eigenvalue weighted by Gasteiger charge is -2.17. The third kappa shape index (κ3) is 4.85. The van der Waals surface area contributed by atoms with Crippen molar-refractivity contribution in [3.05, 3.63) is 35.4 Å². The first-order valence-corrected chi connectivity index (χ1v) is 6.31. The number of aryl methyl sites for hydroxylation is 1. The first-order chi connectivity index (χ1) is 8.67. The lowest BCUT2D eigenvalue weighted by atomic mass is 10.0. The van der Waals surface area contributed by atoms with Crippen LogP contribution in [-0.4, -0.2) is 25.7 Å². The van der Waals surface area contributed by atoms with Gasteiger partial charge in [-0.3, -0.25) is 4.79 Å². The van der Waals surface area contributed by atoms with Gasteiger partial charge in [0.15, 0.2) is 0 Å². The molecule has 1 amide bonds. The molecule has 18 heavy (non-hydrogen) atoms. The van der Waals surface area contributed by atoms with Gasteiger partial charge in [-0.05, 0) is 18.9 Å². The Bertz CT molecular complexity index is 363. The Balaban J connectivity index is 2.51. The summed E-state index contributed by atoms with van der Waals surface area (Å²) in [4.78, 5) is 11.7. The molecule has 0 aliphatic rings. The predicted molar refractivity (Wildman–Crippen MR) is 72.2 cm³/mol. The second-order valence-electron chi connectivity index (χ2n) is 4.28. The van der Waals surface area contributed by atoms with Crippen molar-refractivity contribution < 1.29 is 9.53 Å². The van der Waals surface area contributed by atoms with Crippen LogP contribution in [0, 0.1) is 6.92 Å². The molecule has 1 aromatic carbocycles. The van der Waals surface area contributed by atoms with Gasteiger partial charge in [0.1, 0.15) is 6.61 Å². The first kappa shape index (κ1) is 14.7. The van der Waals surface area contributed by atoms with E-state index in [1.807, 2.05) is 26.0 Å². The van der Waals surface area contributed by atoms with Crippen molar-refractivity contribution in [1.82, 2.24) is 5.32 Å². The minimum absolute atomic E-state index is 0.0413. The van der Waals surface area contributed by atoms with E-state index in [0.717, 1.165) is 12.0 Å². The number of amides is 1. The maximum absolute atomic E-state index is 11.7. The zero-order chi connectivity index (χ0) is 13.4. The van der Waals surface area contributed by atoms with Gasteiger partial charge in [-0.25, -0.2) is 0 Å². The molecule has 0 saturated heterocycles. The Morgan fingerprint density at radius 2 is 2.06 bits per heavy atom. The zero-order valence-corrected chi connectivity index (χ0v) is 11.1. The average molecular weight is 250 g/mol. The summed E-state index contributed by atoms with van der Waals surface area (Å²) >= 11 is 0. The molecular formula is C14H22N2O2. The molecule has 0 heterocycles. The molecule has 4 heteroatoms. The Kier molecular flexibility index (Phi) is 6.39. The number of hydrogen-bond acceptors (Lipinski definition) is 3. The van der Waals surface area contributed by atoms with Crippen LogP contribution in [0.1, 0.15) is 30.5 Å². The van der Waals surface area contributed by atoms with Gasteiger partial charge in [-0.1, -0.05) is 36.8 Å². The largest absolute Gasteiger partial charge is 0.370 e. The van der Waals surface area contributed by atoms with Crippen LogP contribution < -0.4 is 11.1 Å². The van der Waals surface area contributed by atoms with Gasteiger partial charge in [0.05, 0.1) is 12.6 Å². The molecule has 0 fully saturated rings. The summed E-state index contributed by atoms with van der Waals surface area (Å²) in [6, 6.07) is 8.23. The van der Waals surface area contributed by atoms with Crippen molar-refractivity contribution in [3.8, 4) is 0 Å². The molecule has 0 aliphatic carbocycles. The quantitative estimate of drug-likeness (QED) is 0.721. The molecule has 3 N–H and O–H groups in total. The summed E-state index contributed by atoms with van der Waals surface area (Å²) in [5, 5.41) is 2.96. The van der Waals surface area contributed by atoms with Crippen LogP contribution in [0.2, 0.25) is 0 Å².